The zero-order chi connectivity index (χ0) is 22.1. The maximum atomic E-state index is 12.9. The molecular weight excluding hydrogens is 384 g/mol. The fourth-order valence-corrected chi connectivity index (χ4v) is 6.46. The molecule has 0 radical (unpaired) electrons. The highest BCUT2D eigenvalue weighted by Crippen LogP contribution is 2.61. The molecule has 2 saturated carbocycles. The Hall–Kier alpha value is -1.34. The summed E-state index contributed by atoms with van der Waals surface area (Å²) in [4.78, 5) is 27.1. The Morgan fingerprint density at radius 2 is 1.83 bits per heavy atom. The minimum atomic E-state index is -0.601. The maximum Gasteiger partial charge on any atom is 0.407 e. The Labute approximate surface area is 180 Å². The Morgan fingerprint density at radius 3 is 2.43 bits per heavy atom. The molecule has 0 bridgehead atoms. The number of rotatable bonds is 5. The molecular formula is C23H40N2O5. The van der Waals surface area contributed by atoms with Gasteiger partial charge in [-0.05, 0) is 69.6 Å². The molecule has 2 amide bonds. The van der Waals surface area contributed by atoms with Gasteiger partial charge in [0.05, 0.1) is 12.7 Å². The Kier molecular flexibility index (Phi) is 7.02. The first kappa shape index (κ1) is 23.3. The van der Waals surface area contributed by atoms with E-state index in [2.05, 4.69) is 12.2 Å². The average molecular weight is 425 g/mol. The molecule has 0 aromatic rings. The Bertz CT molecular complexity index is 635. The van der Waals surface area contributed by atoms with Crippen LogP contribution in [0, 0.1) is 22.7 Å². The van der Waals surface area contributed by atoms with Crippen LogP contribution < -0.4 is 5.32 Å². The van der Waals surface area contributed by atoms with E-state index in [-0.39, 0.29) is 41.9 Å². The SMILES string of the molecule is CC(C)NC(=O)O[C@@H]1CC[C@]2(C)[C@@H](CC[C@@H](O)[C@H]2CC(=O)N2CCCC2)[C@]1(C)CO. The van der Waals surface area contributed by atoms with Crippen LogP contribution in [0.15, 0.2) is 0 Å². The molecule has 172 valence electrons. The predicted octanol–water partition coefficient (Wildman–Crippen LogP) is 2.69. The molecule has 0 spiro atoms. The lowest BCUT2D eigenvalue weighted by molar-refractivity contribution is -0.187. The minimum absolute atomic E-state index is 0.0162. The van der Waals surface area contributed by atoms with E-state index in [1.165, 1.54) is 0 Å². The lowest BCUT2D eigenvalue weighted by Crippen LogP contribution is -2.61. The zero-order valence-corrected chi connectivity index (χ0v) is 19.0. The van der Waals surface area contributed by atoms with Crippen molar-refractivity contribution in [1.29, 1.82) is 0 Å². The summed E-state index contributed by atoms with van der Waals surface area (Å²) >= 11 is 0. The molecule has 3 aliphatic rings. The first-order valence-electron chi connectivity index (χ1n) is 11.7. The third-order valence-electron chi connectivity index (χ3n) is 8.19. The molecule has 0 aromatic heterocycles. The van der Waals surface area contributed by atoms with Gasteiger partial charge >= 0.3 is 6.09 Å². The third kappa shape index (κ3) is 4.33. The van der Waals surface area contributed by atoms with E-state index >= 15 is 0 Å². The summed E-state index contributed by atoms with van der Waals surface area (Å²) in [6.07, 6.45) is 3.88. The van der Waals surface area contributed by atoms with Crippen molar-refractivity contribution in [2.24, 2.45) is 22.7 Å². The summed E-state index contributed by atoms with van der Waals surface area (Å²) in [6, 6.07) is -0.0162. The molecule has 1 saturated heterocycles. The van der Waals surface area contributed by atoms with E-state index in [4.69, 9.17) is 4.74 Å². The summed E-state index contributed by atoms with van der Waals surface area (Å²) in [5, 5.41) is 24.1. The molecule has 7 nitrogen and oxygen atoms in total. The highest BCUT2D eigenvalue weighted by molar-refractivity contribution is 5.77. The monoisotopic (exact) mass is 424 g/mol. The van der Waals surface area contributed by atoms with Crippen LogP contribution in [0.4, 0.5) is 4.79 Å². The van der Waals surface area contributed by atoms with Crippen LogP contribution in [0.1, 0.15) is 72.6 Å². The van der Waals surface area contributed by atoms with E-state index in [0.29, 0.717) is 19.3 Å². The summed E-state index contributed by atoms with van der Waals surface area (Å²) < 4.78 is 5.78. The summed E-state index contributed by atoms with van der Waals surface area (Å²) in [5.41, 5.74) is -0.880. The normalized spacial score (nSPS) is 39.0. The number of nitrogens with zero attached hydrogens (tertiary/aromatic N) is 1. The van der Waals surface area contributed by atoms with Crippen LogP contribution in [0.3, 0.4) is 0 Å². The number of aliphatic hydroxyl groups is 2. The number of fused-ring (bicyclic) bond motifs is 1. The van der Waals surface area contributed by atoms with Gasteiger partial charge < -0.3 is 25.2 Å². The van der Waals surface area contributed by atoms with Gasteiger partial charge in [-0.15, -0.1) is 0 Å². The highest BCUT2D eigenvalue weighted by atomic mass is 16.6. The molecule has 30 heavy (non-hydrogen) atoms. The molecule has 1 heterocycles. The second-order valence-corrected chi connectivity index (χ2v) is 10.5. The van der Waals surface area contributed by atoms with Gasteiger partial charge in [0.1, 0.15) is 6.10 Å². The van der Waals surface area contributed by atoms with Crippen molar-refractivity contribution >= 4 is 12.0 Å². The van der Waals surface area contributed by atoms with Gasteiger partial charge in [0.15, 0.2) is 0 Å². The molecule has 0 unspecified atom stereocenters. The van der Waals surface area contributed by atoms with E-state index in [9.17, 15) is 19.8 Å². The van der Waals surface area contributed by atoms with E-state index < -0.39 is 17.6 Å². The smallest absolute Gasteiger partial charge is 0.407 e. The second-order valence-electron chi connectivity index (χ2n) is 10.5. The van der Waals surface area contributed by atoms with Gasteiger partial charge in [-0.1, -0.05) is 13.8 Å². The van der Waals surface area contributed by atoms with Gasteiger partial charge in [0, 0.05) is 31.0 Å². The third-order valence-corrected chi connectivity index (χ3v) is 8.19. The second kappa shape index (κ2) is 9.03. The maximum absolute atomic E-state index is 12.9. The highest BCUT2D eigenvalue weighted by Gasteiger charge is 2.60. The average Bonchev–Trinajstić information content (AvgIpc) is 3.21. The predicted molar refractivity (Wildman–Crippen MR) is 114 cm³/mol. The molecule has 1 aliphatic heterocycles. The molecule has 3 N–H and O–H groups in total. The minimum Gasteiger partial charge on any atom is -0.446 e. The largest absolute Gasteiger partial charge is 0.446 e. The van der Waals surface area contributed by atoms with Crippen LogP contribution in [0.2, 0.25) is 0 Å². The molecule has 3 fully saturated rings. The van der Waals surface area contributed by atoms with Crippen molar-refractivity contribution < 1.29 is 24.5 Å². The van der Waals surface area contributed by atoms with Crippen molar-refractivity contribution in [3.63, 3.8) is 0 Å². The number of likely N-dealkylation sites (tertiary alicyclic amines) is 1. The van der Waals surface area contributed by atoms with Crippen molar-refractivity contribution in [3.05, 3.63) is 0 Å². The number of carbonyl (C=O) groups is 2. The van der Waals surface area contributed by atoms with Crippen molar-refractivity contribution in [2.75, 3.05) is 19.7 Å². The lowest BCUT2D eigenvalue weighted by atomic mass is 9.46. The van der Waals surface area contributed by atoms with Crippen LogP contribution in [0.25, 0.3) is 0 Å². The molecule has 3 rings (SSSR count). The molecule has 6 atom stereocenters. The topological polar surface area (TPSA) is 99.1 Å². The van der Waals surface area contributed by atoms with E-state index in [0.717, 1.165) is 38.8 Å². The van der Waals surface area contributed by atoms with Gasteiger partial charge in [0.2, 0.25) is 5.91 Å². The van der Waals surface area contributed by atoms with E-state index in [1.807, 2.05) is 25.7 Å². The van der Waals surface area contributed by atoms with Crippen molar-refractivity contribution in [1.82, 2.24) is 10.2 Å². The fourth-order valence-electron chi connectivity index (χ4n) is 6.46. The number of amides is 2. The molecule has 7 heteroatoms. The number of hydrogen-bond donors (Lipinski definition) is 3. The molecule has 2 aliphatic carbocycles. The first-order chi connectivity index (χ1) is 14.1. The number of alkyl carbamates (subject to hydrolysis) is 1. The Morgan fingerprint density at radius 1 is 1.17 bits per heavy atom. The van der Waals surface area contributed by atoms with Crippen LogP contribution in [-0.2, 0) is 9.53 Å². The summed E-state index contributed by atoms with van der Waals surface area (Å²) in [7, 11) is 0. The van der Waals surface area contributed by atoms with Gasteiger partial charge in [-0.2, -0.15) is 0 Å². The van der Waals surface area contributed by atoms with Crippen molar-refractivity contribution in [3.8, 4) is 0 Å². The first-order valence-corrected chi connectivity index (χ1v) is 11.7. The van der Waals surface area contributed by atoms with Crippen LogP contribution in [-0.4, -0.2) is 65.1 Å². The quantitative estimate of drug-likeness (QED) is 0.630. The number of carbonyl (C=O) groups excluding carboxylic acids is 2. The molecule has 0 aromatic carbocycles. The van der Waals surface area contributed by atoms with Crippen LogP contribution >= 0.6 is 0 Å². The summed E-state index contributed by atoms with van der Waals surface area (Å²) in [5.74, 6) is 0.0693. The number of ether oxygens (including phenoxy) is 1. The number of aliphatic hydroxyl groups excluding tert-OH is 2. The van der Waals surface area contributed by atoms with Gasteiger partial charge in [-0.25, -0.2) is 4.79 Å². The summed E-state index contributed by atoms with van der Waals surface area (Å²) in [6.45, 7) is 9.48. The Balaban J connectivity index is 1.80. The van der Waals surface area contributed by atoms with Crippen LogP contribution in [0.5, 0.6) is 0 Å². The van der Waals surface area contributed by atoms with Crippen molar-refractivity contribution in [2.45, 2.75) is 90.9 Å². The lowest BCUT2D eigenvalue weighted by Gasteiger charge is -2.60. The van der Waals surface area contributed by atoms with Gasteiger partial charge in [0.25, 0.3) is 0 Å². The fraction of sp³-hybridized carbons (Fsp3) is 0.913. The van der Waals surface area contributed by atoms with E-state index in [1.54, 1.807) is 0 Å². The standard InChI is InChI=1S/C23H40N2O5/c1-15(2)24-21(29)30-19-9-10-22(3)16(13-20(28)25-11-5-6-12-25)17(27)7-8-18(22)23(19,4)14-26/h15-19,26-27H,5-14H2,1-4H3,(H,24,29)/t16-,17-,18-,19-,22+,23+/m1/s1. The number of nitrogens with one attached hydrogen (secondary N) is 1. The zero-order valence-electron chi connectivity index (χ0n) is 19.0. The van der Waals surface area contributed by atoms with Gasteiger partial charge in [-0.3, -0.25) is 4.79 Å². The number of hydrogen-bond acceptors (Lipinski definition) is 5.